The zero-order valence-corrected chi connectivity index (χ0v) is 23.8. The molecule has 0 spiro atoms. The second-order valence-corrected chi connectivity index (χ2v) is 10.2. The van der Waals surface area contributed by atoms with Crippen LogP contribution in [0.5, 0.6) is 11.5 Å². The zero-order chi connectivity index (χ0) is 28.1. The fourth-order valence-corrected chi connectivity index (χ4v) is 6.07. The highest BCUT2D eigenvalue weighted by molar-refractivity contribution is 8.16. The molecule has 3 heterocycles. The van der Waals surface area contributed by atoms with Crippen LogP contribution < -0.4 is 9.47 Å². The lowest BCUT2D eigenvalue weighted by Crippen LogP contribution is -2.44. The van der Waals surface area contributed by atoms with Crippen LogP contribution in [0, 0.1) is 5.92 Å². The standard InChI is InChI=1S/C28H35N3O7S/c1-6-37-26(33)18-9-8-12-30(15-18)23(32)13-19-16-39-28-29-17(3)24(27(34)38-7-2)25(31(19)28)21-14-20(35-4)10-11-22(21)36-5/h10-11,14,16,18,25H,6-9,12-13,15H2,1-5H3. The highest BCUT2D eigenvalue weighted by atomic mass is 32.2. The van der Waals surface area contributed by atoms with Gasteiger partial charge in [0.25, 0.3) is 0 Å². The number of benzene rings is 1. The Morgan fingerprint density at radius 3 is 2.56 bits per heavy atom. The average molecular weight is 558 g/mol. The first kappa shape index (κ1) is 28.5. The molecule has 0 saturated carbocycles. The lowest BCUT2D eigenvalue weighted by molar-refractivity contribution is -0.151. The van der Waals surface area contributed by atoms with Gasteiger partial charge in [0.05, 0.1) is 57.1 Å². The van der Waals surface area contributed by atoms with Crippen LogP contribution in [0.2, 0.25) is 0 Å². The molecule has 0 radical (unpaired) electrons. The molecule has 2 unspecified atom stereocenters. The number of nitrogens with zero attached hydrogens (tertiary/aromatic N) is 3. The van der Waals surface area contributed by atoms with E-state index in [-0.39, 0.29) is 30.8 Å². The van der Waals surface area contributed by atoms with Crippen molar-refractivity contribution in [1.29, 1.82) is 0 Å². The first-order valence-corrected chi connectivity index (χ1v) is 14.0. The monoisotopic (exact) mass is 557 g/mol. The number of hydrogen-bond donors (Lipinski definition) is 0. The molecule has 1 saturated heterocycles. The third-order valence-corrected chi connectivity index (χ3v) is 7.84. The van der Waals surface area contributed by atoms with E-state index in [1.807, 2.05) is 16.4 Å². The average Bonchev–Trinajstić information content (AvgIpc) is 3.33. The summed E-state index contributed by atoms with van der Waals surface area (Å²) < 4.78 is 21.8. The Morgan fingerprint density at radius 1 is 1.10 bits per heavy atom. The molecule has 1 fully saturated rings. The number of ether oxygens (including phenoxy) is 4. The first-order chi connectivity index (χ1) is 18.8. The molecule has 0 bridgehead atoms. The topological polar surface area (TPSA) is 107 Å². The van der Waals surface area contributed by atoms with Crippen LogP contribution in [-0.4, -0.2) is 73.3 Å². The number of esters is 2. The van der Waals surface area contributed by atoms with E-state index in [2.05, 4.69) is 0 Å². The number of methoxy groups -OCH3 is 2. The Bertz CT molecular complexity index is 1230. The van der Waals surface area contributed by atoms with Gasteiger partial charge in [-0.05, 0) is 57.2 Å². The lowest BCUT2D eigenvalue weighted by Gasteiger charge is -2.37. The predicted molar refractivity (Wildman–Crippen MR) is 147 cm³/mol. The van der Waals surface area contributed by atoms with Crippen molar-refractivity contribution < 1.29 is 33.3 Å². The van der Waals surface area contributed by atoms with Gasteiger partial charge in [-0.25, -0.2) is 9.79 Å². The van der Waals surface area contributed by atoms with E-state index in [1.54, 1.807) is 52.0 Å². The number of piperidine rings is 1. The highest BCUT2D eigenvalue weighted by Crippen LogP contribution is 2.47. The van der Waals surface area contributed by atoms with Crippen LogP contribution in [0.4, 0.5) is 0 Å². The van der Waals surface area contributed by atoms with Crippen LogP contribution in [0.1, 0.15) is 51.6 Å². The maximum Gasteiger partial charge on any atom is 0.338 e. The van der Waals surface area contributed by atoms with Crippen molar-refractivity contribution in [3.05, 3.63) is 46.1 Å². The second kappa shape index (κ2) is 12.6. The SMILES string of the molecule is CCOC(=O)C1=C(C)N=C2SC=C(CC(=O)N3CCCC(C(=O)OCC)C3)N2C1c1cc(OC)ccc1OC. The molecule has 210 valence electrons. The summed E-state index contributed by atoms with van der Waals surface area (Å²) in [5, 5.41) is 2.55. The third kappa shape index (κ3) is 5.93. The van der Waals surface area contributed by atoms with Crippen LogP contribution in [-0.2, 0) is 23.9 Å². The Labute approximate surface area is 233 Å². The van der Waals surface area contributed by atoms with Crippen molar-refractivity contribution in [2.24, 2.45) is 10.9 Å². The third-order valence-electron chi connectivity index (χ3n) is 6.95. The summed E-state index contributed by atoms with van der Waals surface area (Å²) in [6, 6.07) is 4.76. The van der Waals surface area contributed by atoms with Gasteiger partial charge in [0.15, 0.2) is 5.17 Å². The predicted octanol–water partition coefficient (Wildman–Crippen LogP) is 4.03. The second-order valence-electron chi connectivity index (χ2n) is 9.33. The summed E-state index contributed by atoms with van der Waals surface area (Å²) in [6.45, 7) is 6.75. The van der Waals surface area contributed by atoms with Crippen molar-refractivity contribution in [1.82, 2.24) is 9.80 Å². The molecule has 1 aromatic rings. The minimum absolute atomic E-state index is 0.0828. The number of fused-ring (bicyclic) bond motifs is 1. The van der Waals surface area contributed by atoms with Crippen molar-refractivity contribution in [3.63, 3.8) is 0 Å². The fourth-order valence-electron chi connectivity index (χ4n) is 5.11. The zero-order valence-electron chi connectivity index (χ0n) is 23.0. The lowest BCUT2D eigenvalue weighted by atomic mass is 9.92. The molecule has 10 nitrogen and oxygen atoms in total. The summed E-state index contributed by atoms with van der Waals surface area (Å²) in [5.74, 6) is -0.00606. The highest BCUT2D eigenvalue weighted by Gasteiger charge is 2.43. The van der Waals surface area contributed by atoms with Gasteiger partial charge in [-0.3, -0.25) is 9.59 Å². The molecule has 11 heteroatoms. The smallest absolute Gasteiger partial charge is 0.338 e. The molecular formula is C28H35N3O7S. The van der Waals surface area contributed by atoms with Crippen molar-refractivity contribution in [2.45, 2.75) is 46.1 Å². The number of allylic oxidation sites excluding steroid dienone is 1. The number of carbonyl (C=O) groups excluding carboxylic acids is 3. The molecule has 1 aromatic carbocycles. The van der Waals surface area contributed by atoms with Gasteiger partial charge in [0, 0.05) is 24.4 Å². The summed E-state index contributed by atoms with van der Waals surface area (Å²) in [6.07, 6.45) is 1.52. The van der Waals surface area contributed by atoms with E-state index in [4.69, 9.17) is 23.9 Å². The van der Waals surface area contributed by atoms with Gasteiger partial charge in [0.1, 0.15) is 11.5 Å². The number of aliphatic imine (C=N–C) groups is 1. The van der Waals surface area contributed by atoms with E-state index >= 15 is 0 Å². The molecule has 3 aliphatic rings. The molecule has 0 aromatic heterocycles. The van der Waals surface area contributed by atoms with Crippen LogP contribution in [0.15, 0.2) is 45.6 Å². The van der Waals surface area contributed by atoms with Gasteiger partial charge < -0.3 is 28.7 Å². The van der Waals surface area contributed by atoms with Crippen molar-refractivity contribution in [3.8, 4) is 11.5 Å². The molecule has 3 aliphatic heterocycles. The summed E-state index contributed by atoms with van der Waals surface area (Å²) in [4.78, 5) is 47.4. The minimum atomic E-state index is -0.649. The Balaban J connectivity index is 1.68. The van der Waals surface area contributed by atoms with Crippen LogP contribution in [0.25, 0.3) is 0 Å². The number of hydrogen-bond acceptors (Lipinski definition) is 10. The largest absolute Gasteiger partial charge is 0.497 e. The molecule has 0 N–H and O–H groups in total. The maximum atomic E-state index is 13.5. The Morgan fingerprint density at radius 2 is 1.87 bits per heavy atom. The van der Waals surface area contributed by atoms with Crippen molar-refractivity contribution in [2.75, 3.05) is 40.5 Å². The van der Waals surface area contributed by atoms with Crippen LogP contribution in [0.3, 0.4) is 0 Å². The number of rotatable bonds is 9. The quantitative estimate of drug-likeness (QED) is 0.416. The summed E-state index contributed by atoms with van der Waals surface area (Å²) >= 11 is 1.40. The van der Waals surface area contributed by atoms with Crippen molar-refractivity contribution >= 4 is 34.8 Å². The van der Waals surface area contributed by atoms with E-state index in [0.29, 0.717) is 65.3 Å². The minimum Gasteiger partial charge on any atom is -0.497 e. The number of carbonyl (C=O) groups is 3. The number of amides is 1. The van der Waals surface area contributed by atoms with Gasteiger partial charge in [0.2, 0.25) is 5.91 Å². The number of amidine groups is 1. The van der Waals surface area contributed by atoms with E-state index in [9.17, 15) is 14.4 Å². The van der Waals surface area contributed by atoms with E-state index in [0.717, 1.165) is 6.42 Å². The Hall–Kier alpha value is -3.47. The van der Waals surface area contributed by atoms with Gasteiger partial charge in [-0.1, -0.05) is 11.8 Å². The molecule has 2 atom stereocenters. The fraction of sp³-hybridized carbons (Fsp3) is 0.500. The van der Waals surface area contributed by atoms with Gasteiger partial charge >= 0.3 is 11.9 Å². The normalized spacial score (nSPS) is 20.6. The summed E-state index contributed by atoms with van der Waals surface area (Å²) in [5.41, 5.74) is 2.30. The van der Waals surface area contributed by atoms with Gasteiger partial charge in [-0.15, -0.1) is 0 Å². The number of likely N-dealkylation sites (tertiary alicyclic amines) is 1. The molecule has 0 aliphatic carbocycles. The Kier molecular flexibility index (Phi) is 9.21. The summed E-state index contributed by atoms with van der Waals surface area (Å²) in [7, 11) is 3.14. The van der Waals surface area contributed by atoms with E-state index < -0.39 is 12.0 Å². The van der Waals surface area contributed by atoms with Crippen LogP contribution >= 0.6 is 11.8 Å². The maximum absolute atomic E-state index is 13.5. The molecule has 39 heavy (non-hydrogen) atoms. The van der Waals surface area contributed by atoms with Gasteiger partial charge in [-0.2, -0.15) is 0 Å². The first-order valence-electron chi connectivity index (χ1n) is 13.1. The molecule has 1 amide bonds. The van der Waals surface area contributed by atoms with E-state index in [1.165, 1.54) is 11.8 Å². The number of thioether (sulfide) groups is 1. The molecular weight excluding hydrogens is 522 g/mol. The molecule has 4 rings (SSSR count).